The van der Waals surface area contributed by atoms with Crippen molar-refractivity contribution in [1.82, 2.24) is 9.97 Å². The molecule has 0 amide bonds. The highest BCUT2D eigenvalue weighted by atomic mass is 16.5. The molecule has 0 unspecified atom stereocenters. The smallest absolute Gasteiger partial charge is 0.224 e. The largest absolute Gasteiger partial charge is 0.497 e. The first-order valence-electron chi connectivity index (χ1n) is 8.86. The zero-order valence-corrected chi connectivity index (χ0v) is 15.8. The first-order chi connectivity index (χ1) is 13.1. The summed E-state index contributed by atoms with van der Waals surface area (Å²) < 4.78 is 10.8. The van der Waals surface area contributed by atoms with Gasteiger partial charge in [0.2, 0.25) is 5.95 Å². The molecule has 0 saturated heterocycles. The SMILES string of the molecule is COc1ccc(CNc2nccc(Nc3ccc(OC(C)C)cc3)n2)cc1. The monoisotopic (exact) mass is 364 g/mol. The van der Waals surface area contributed by atoms with Crippen LogP contribution in [0.2, 0.25) is 0 Å². The number of aromatic nitrogens is 2. The summed E-state index contributed by atoms with van der Waals surface area (Å²) in [6.07, 6.45) is 1.88. The molecule has 27 heavy (non-hydrogen) atoms. The van der Waals surface area contributed by atoms with Crippen LogP contribution in [0, 0.1) is 0 Å². The van der Waals surface area contributed by atoms with E-state index in [0.717, 1.165) is 28.6 Å². The van der Waals surface area contributed by atoms with Crippen LogP contribution in [0.1, 0.15) is 19.4 Å². The zero-order valence-electron chi connectivity index (χ0n) is 15.8. The van der Waals surface area contributed by atoms with Gasteiger partial charge in [-0.3, -0.25) is 0 Å². The molecule has 3 rings (SSSR count). The van der Waals surface area contributed by atoms with E-state index in [1.54, 1.807) is 13.3 Å². The zero-order chi connectivity index (χ0) is 19.1. The van der Waals surface area contributed by atoms with E-state index in [4.69, 9.17) is 9.47 Å². The van der Waals surface area contributed by atoms with Crippen LogP contribution in [0.5, 0.6) is 11.5 Å². The molecule has 6 nitrogen and oxygen atoms in total. The maximum Gasteiger partial charge on any atom is 0.224 e. The number of nitrogens with one attached hydrogen (secondary N) is 2. The van der Waals surface area contributed by atoms with E-state index in [0.29, 0.717) is 12.5 Å². The van der Waals surface area contributed by atoms with Gasteiger partial charge in [-0.15, -0.1) is 0 Å². The maximum absolute atomic E-state index is 5.66. The van der Waals surface area contributed by atoms with Crippen LogP contribution < -0.4 is 20.1 Å². The first kappa shape index (κ1) is 18.5. The molecule has 3 aromatic rings. The number of nitrogens with zero attached hydrogens (tertiary/aromatic N) is 2. The topological polar surface area (TPSA) is 68.3 Å². The normalized spacial score (nSPS) is 10.5. The summed E-state index contributed by atoms with van der Waals surface area (Å²) in [6.45, 7) is 4.65. The van der Waals surface area contributed by atoms with Crippen molar-refractivity contribution < 1.29 is 9.47 Å². The minimum atomic E-state index is 0.157. The van der Waals surface area contributed by atoms with Gasteiger partial charge in [0.25, 0.3) is 0 Å². The van der Waals surface area contributed by atoms with Crippen LogP contribution in [0.25, 0.3) is 0 Å². The van der Waals surface area contributed by atoms with Gasteiger partial charge in [0.15, 0.2) is 0 Å². The number of anilines is 3. The average Bonchev–Trinajstić information content (AvgIpc) is 2.68. The van der Waals surface area contributed by atoms with Crippen molar-refractivity contribution in [3.8, 4) is 11.5 Å². The van der Waals surface area contributed by atoms with Gasteiger partial charge in [-0.05, 0) is 61.9 Å². The van der Waals surface area contributed by atoms with Crippen molar-refractivity contribution in [3.63, 3.8) is 0 Å². The van der Waals surface area contributed by atoms with E-state index in [2.05, 4.69) is 20.6 Å². The summed E-state index contributed by atoms with van der Waals surface area (Å²) in [5, 5.41) is 6.51. The molecular weight excluding hydrogens is 340 g/mol. The summed E-state index contributed by atoms with van der Waals surface area (Å²) in [4.78, 5) is 8.77. The van der Waals surface area contributed by atoms with Crippen molar-refractivity contribution in [1.29, 1.82) is 0 Å². The molecule has 0 radical (unpaired) electrons. The minimum Gasteiger partial charge on any atom is -0.497 e. The van der Waals surface area contributed by atoms with E-state index in [-0.39, 0.29) is 6.10 Å². The van der Waals surface area contributed by atoms with Crippen molar-refractivity contribution in [3.05, 3.63) is 66.4 Å². The maximum atomic E-state index is 5.66. The Morgan fingerprint density at radius 1 is 0.926 bits per heavy atom. The highest BCUT2D eigenvalue weighted by Gasteiger charge is 2.02. The molecule has 0 atom stereocenters. The summed E-state index contributed by atoms with van der Waals surface area (Å²) >= 11 is 0. The van der Waals surface area contributed by atoms with Gasteiger partial charge in [0.1, 0.15) is 17.3 Å². The molecule has 140 valence electrons. The Bertz CT molecular complexity index is 849. The molecule has 0 aliphatic rings. The number of ether oxygens (including phenoxy) is 2. The van der Waals surface area contributed by atoms with Gasteiger partial charge in [-0.1, -0.05) is 12.1 Å². The Kier molecular flexibility index (Phi) is 6.10. The molecule has 0 fully saturated rings. The first-order valence-corrected chi connectivity index (χ1v) is 8.86. The number of hydrogen-bond donors (Lipinski definition) is 2. The molecule has 0 aliphatic heterocycles. The minimum absolute atomic E-state index is 0.157. The fraction of sp³-hybridized carbons (Fsp3) is 0.238. The standard InChI is InChI=1S/C21H24N4O2/c1-15(2)27-19-10-6-17(7-11-19)24-20-12-13-22-21(25-20)23-14-16-4-8-18(26-3)9-5-16/h4-13,15H,14H2,1-3H3,(H2,22,23,24,25). The van der Waals surface area contributed by atoms with Crippen LogP contribution in [-0.4, -0.2) is 23.2 Å². The van der Waals surface area contributed by atoms with Crippen LogP contribution in [0.3, 0.4) is 0 Å². The molecule has 0 bridgehead atoms. The third kappa shape index (κ3) is 5.60. The van der Waals surface area contributed by atoms with Gasteiger partial charge in [0.05, 0.1) is 13.2 Å². The van der Waals surface area contributed by atoms with Crippen LogP contribution in [-0.2, 0) is 6.54 Å². The quantitative estimate of drug-likeness (QED) is 0.607. The lowest BCUT2D eigenvalue weighted by atomic mass is 10.2. The second-order valence-corrected chi connectivity index (χ2v) is 6.28. The molecule has 0 saturated carbocycles. The fourth-order valence-electron chi connectivity index (χ4n) is 2.47. The van der Waals surface area contributed by atoms with Crippen molar-refractivity contribution >= 4 is 17.5 Å². The summed E-state index contributed by atoms with van der Waals surface area (Å²) in [7, 11) is 1.66. The van der Waals surface area contributed by atoms with E-state index < -0.39 is 0 Å². The molecule has 1 aromatic heterocycles. The highest BCUT2D eigenvalue weighted by Crippen LogP contribution is 2.20. The van der Waals surface area contributed by atoms with Crippen LogP contribution in [0.4, 0.5) is 17.5 Å². The Morgan fingerprint density at radius 2 is 1.63 bits per heavy atom. The molecule has 1 heterocycles. The highest BCUT2D eigenvalue weighted by molar-refractivity contribution is 5.57. The number of benzene rings is 2. The summed E-state index contributed by atoms with van der Waals surface area (Å²) in [6, 6.07) is 17.5. The Labute approximate surface area is 159 Å². The molecule has 0 aliphatic carbocycles. The Balaban J connectivity index is 1.59. The average molecular weight is 364 g/mol. The van der Waals surface area contributed by atoms with Crippen molar-refractivity contribution in [2.24, 2.45) is 0 Å². The van der Waals surface area contributed by atoms with Gasteiger partial charge in [0, 0.05) is 18.4 Å². The van der Waals surface area contributed by atoms with E-state index in [1.165, 1.54) is 0 Å². The lowest BCUT2D eigenvalue weighted by molar-refractivity contribution is 0.242. The van der Waals surface area contributed by atoms with Crippen LogP contribution in [0.15, 0.2) is 60.8 Å². The number of hydrogen-bond acceptors (Lipinski definition) is 6. The molecule has 2 aromatic carbocycles. The lowest BCUT2D eigenvalue weighted by Crippen LogP contribution is -2.06. The number of methoxy groups -OCH3 is 1. The van der Waals surface area contributed by atoms with E-state index >= 15 is 0 Å². The molecular formula is C21H24N4O2. The van der Waals surface area contributed by atoms with E-state index in [9.17, 15) is 0 Å². The third-order valence-electron chi connectivity index (χ3n) is 3.76. The third-order valence-corrected chi connectivity index (χ3v) is 3.76. The van der Waals surface area contributed by atoms with Gasteiger partial charge in [-0.25, -0.2) is 4.98 Å². The van der Waals surface area contributed by atoms with Gasteiger partial charge in [-0.2, -0.15) is 4.98 Å². The summed E-state index contributed by atoms with van der Waals surface area (Å²) in [5.41, 5.74) is 2.06. The van der Waals surface area contributed by atoms with Gasteiger partial charge >= 0.3 is 0 Å². The molecule has 6 heteroatoms. The lowest BCUT2D eigenvalue weighted by Gasteiger charge is -2.11. The number of rotatable bonds is 8. The van der Waals surface area contributed by atoms with Crippen molar-refractivity contribution in [2.75, 3.05) is 17.7 Å². The summed E-state index contributed by atoms with van der Waals surface area (Å²) in [5.74, 6) is 2.97. The van der Waals surface area contributed by atoms with Crippen LogP contribution >= 0.6 is 0 Å². The van der Waals surface area contributed by atoms with Gasteiger partial charge < -0.3 is 20.1 Å². The predicted octanol–water partition coefficient (Wildman–Crippen LogP) is 4.63. The Morgan fingerprint density at radius 3 is 2.30 bits per heavy atom. The second-order valence-electron chi connectivity index (χ2n) is 6.28. The fourth-order valence-corrected chi connectivity index (χ4v) is 2.47. The Hall–Kier alpha value is -3.28. The van der Waals surface area contributed by atoms with Crippen molar-refractivity contribution in [2.45, 2.75) is 26.5 Å². The molecule has 2 N–H and O–H groups in total. The predicted molar refractivity (Wildman–Crippen MR) is 108 cm³/mol. The molecule has 0 spiro atoms. The van der Waals surface area contributed by atoms with E-state index in [1.807, 2.05) is 68.4 Å². The second kappa shape index (κ2) is 8.89.